The highest BCUT2D eigenvalue weighted by atomic mass is 16.5. The molecule has 2 N–H and O–H groups in total. The van der Waals surface area contributed by atoms with Gasteiger partial charge >= 0.3 is 5.97 Å². The molecule has 0 aliphatic heterocycles. The van der Waals surface area contributed by atoms with Gasteiger partial charge in [0.1, 0.15) is 5.54 Å². The predicted octanol–water partition coefficient (Wildman–Crippen LogP) is 1.64. The smallest absolute Gasteiger partial charge is 0.323 e. The highest BCUT2D eigenvalue weighted by molar-refractivity contribution is 5.78. The normalized spacial score (nSPS) is 15.3. The van der Waals surface area contributed by atoms with E-state index in [0.717, 1.165) is 6.42 Å². The average molecular weight is 217 g/mol. The lowest BCUT2D eigenvalue weighted by molar-refractivity contribution is -0.146. The van der Waals surface area contributed by atoms with E-state index in [9.17, 15) is 9.90 Å². The van der Waals surface area contributed by atoms with Gasteiger partial charge in [0.25, 0.3) is 0 Å². The third-order valence-electron chi connectivity index (χ3n) is 2.53. The molecule has 90 valence electrons. The van der Waals surface area contributed by atoms with Crippen molar-refractivity contribution in [1.82, 2.24) is 5.32 Å². The second-order valence-electron chi connectivity index (χ2n) is 4.14. The molecule has 0 saturated heterocycles. The van der Waals surface area contributed by atoms with Crippen molar-refractivity contribution in [2.75, 3.05) is 13.7 Å². The number of hydrogen-bond acceptors (Lipinski definition) is 3. The van der Waals surface area contributed by atoms with Gasteiger partial charge in [-0.3, -0.25) is 10.1 Å². The van der Waals surface area contributed by atoms with Gasteiger partial charge in [-0.15, -0.1) is 0 Å². The molecule has 0 bridgehead atoms. The summed E-state index contributed by atoms with van der Waals surface area (Å²) in [5.74, 6) is -0.769. The Kier molecular flexibility index (Phi) is 6.52. The fraction of sp³-hybridized carbons (Fsp3) is 0.909. The van der Waals surface area contributed by atoms with E-state index in [2.05, 4.69) is 5.32 Å². The van der Waals surface area contributed by atoms with Crippen molar-refractivity contribution in [3.63, 3.8) is 0 Å². The van der Waals surface area contributed by atoms with Gasteiger partial charge in [0.05, 0.1) is 0 Å². The molecule has 0 spiro atoms. The Bertz CT molecular complexity index is 194. The summed E-state index contributed by atoms with van der Waals surface area (Å²) in [5, 5.41) is 12.4. The number of hydrogen-bond donors (Lipinski definition) is 2. The van der Waals surface area contributed by atoms with Crippen LogP contribution in [0.1, 0.15) is 40.0 Å². The minimum atomic E-state index is -0.799. The van der Waals surface area contributed by atoms with E-state index in [1.165, 1.54) is 0 Å². The van der Waals surface area contributed by atoms with Crippen LogP contribution in [0.25, 0.3) is 0 Å². The first kappa shape index (κ1) is 14.4. The van der Waals surface area contributed by atoms with Gasteiger partial charge in [-0.05, 0) is 33.1 Å². The van der Waals surface area contributed by atoms with E-state index in [4.69, 9.17) is 4.74 Å². The fourth-order valence-electron chi connectivity index (χ4n) is 1.74. The third kappa shape index (κ3) is 4.62. The van der Waals surface area contributed by atoms with Crippen LogP contribution in [0.3, 0.4) is 0 Å². The Morgan fingerprint density at radius 1 is 1.53 bits per heavy atom. The Morgan fingerprint density at radius 2 is 2.13 bits per heavy atom. The van der Waals surface area contributed by atoms with Gasteiger partial charge in [0.2, 0.25) is 0 Å². The maximum atomic E-state index is 11.3. The van der Waals surface area contributed by atoms with Gasteiger partial charge in [-0.2, -0.15) is 0 Å². The van der Waals surface area contributed by atoms with Crippen molar-refractivity contribution in [1.29, 1.82) is 0 Å². The maximum absolute atomic E-state index is 11.3. The molecule has 0 rings (SSSR count). The molecule has 0 aromatic rings. The van der Waals surface area contributed by atoms with E-state index in [1.54, 1.807) is 7.11 Å². The van der Waals surface area contributed by atoms with E-state index in [0.29, 0.717) is 19.4 Å². The van der Waals surface area contributed by atoms with Gasteiger partial charge in [-0.25, -0.2) is 0 Å². The van der Waals surface area contributed by atoms with Crippen LogP contribution >= 0.6 is 0 Å². The average Bonchev–Trinajstić information content (AvgIpc) is 2.15. The molecule has 15 heavy (non-hydrogen) atoms. The summed E-state index contributed by atoms with van der Waals surface area (Å²) >= 11 is 0. The first-order valence-corrected chi connectivity index (χ1v) is 5.48. The van der Waals surface area contributed by atoms with E-state index >= 15 is 0 Å². The fourth-order valence-corrected chi connectivity index (χ4v) is 1.74. The van der Waals surface area contributed by atoms with Crippen molar-refractivity contribution >= 4 is 5.97 Å². The van der Waals surface area contributed by atoms with Crippen molar-refractivity contribution in [2.24, 2.45) is 0 Å². The molecule has 0 amide bonds. The first-order chi connectivity index (χ1) is 6.98. The van der Waals surface area contributed by atoms with Crippen molar-refractivity contribution < 1.29 is 14.6 Å². The van der Waals surface area contributed by atoms with Crippen LogP contribution in [0.5, 0.6) is 0 Å². The van der Waals surface area contributed by atoms with Crippen LogP contribution in [0.4, 0.5) is 0 Å². The standard InChI is InChI=1S/C11H23NO3/c1-5-11(10(13)14,12-9(2)3)7-6-8-15-4/h9,12H,5-8H2,1-4H3,(H,13,14). The Labute approximate surface area is 92.0 Å². The molecule has 1 atom stereocenters. The molecule has 0 aliphatic rings. The predicted molar refractivity (Wildman–Crippen MR) is 60.0 cm³/mol. The molecular formula is C11H23NO3. The van der Waals surface area contributed by atoms with Crippen LogP contribution in [-0.4, -0.2) is 36.4 Å². The zero-order chi connectivity index (χ0) is 11.9. The maximum Gasteiger partial charge on any atom is 0.323 e. The minimum Gasteiger partial charge on any atom is -0.480 e. The second kappa shape index (κ2) is 6.80. The lowest BCUT2D eigenvalue weighted by Crippen LogP contribution is -2.54. The number of rotatable bonds is 8. The van der Waals surface area contributed by atoms with Crippen LogP contribution in [0, 0.1) is 0 Å². The van der Waals surface area contributed by atoms with Crippen LogP contribution in [-0.2, 0) is 9.53 Å². The van der Waals surface area contributed by atoms with Gasteiger partial charge in [-0.1, -0.05) is 6.92 Å². The summed E-state index contributed by atoms with van der Waals surface area (Å²) in [7, 11) is 1.63. The Balaban J connectivity index is 4.44. The third-order valence-corrected chi connectivity index (χ3v) is 2.53. The molecular weight excluding hydrogens is 194 g/mol. The monoisotopic (exact) mass is 217 g/mol. The Morgan fingerprint density at radius 3 is 2.47 bits per heavy atom. The Hall–Kier alpha value is -0.610. The summed E-state index contributed by atoms with van der Waals surface area (Å²) < 4.78 is 4.95. The van der Waals surface area contributed by atoms with Crippen molar-refractivity contribution in [3.05, 3.63) is 0 Å². The van der Waals surface area contributed by atoms with Crippen molar-refractivity contribution in [2.45, 2.75) is 51.6 Å². The van der Waals surface area contributed by atoms with Crippen LogP contribution < -0.4 is 5.32 Å². The molecule has 0 fully saturated rings. The number of carboxylic acid groups (broad SMARTS) is 1. The van der Waals surface area contributed by atoms with Crippen molar-refractivity contribution in [3.8, 4) is 0 Å². The quantitative estimate of drug-likeness (QED) is 0.607. The van der Waals surface area contributed by atoms with E-state index in [1.807, 2.05) is 20.8 Å². The van der Waals surface area contributed by atoms with Gasteiger partial charge < -0.3 is 9.84 Å². The molecule has 0 heterocycles. The molecule has 0 aliphatic carbocycles. The number of aliphatic carboxylic acids is 1. The molecule has 0 saturated carbocycles. The zero-order valence-electron chi connectivity index (χ0n) is 10.2. The summed E-state index contributed by atoms with van der Waals surface area (Å²) in [4.78, 5) is 11.3. The number of methoxy groups -OCH3 is 1. The number of ether oxygens (including phenoxy) is 1. The highest BCUT2D eigenvalue weighted by Crippen LogP contribution is 2.19. The van der Waals surface area contributed by atoms with Crippen LogP contribution in [0.15, 0.2) is 0 Å². The number of carboxylic acids is 1. The SMILES string of the molecule is CCC(CCCOC)(NC(C)C)C(=O)O. The van der Waals surface area contributed by atoms with Gasteiger partial charge in [0.15, 0.2) is 0 Å². The van der Waals surface area contributed by atoms with E-state index < -0.39 is 11.5 Å². The van der Waals surface area contributed by atoms with E-state index in [-0.39, 0.29) is 6.04 Å². The lowest BCUT2D eigenvalue weighted by Gasteiger charge is -2.31. The van der Waals surface area contributed by atoms with Crippen LogP contribution in [0.2, 0.25) is 0 Å². The highest BCUT2D eigenvalue weighted by Gasteiger charge is 2.36. The zero-order valence-corrected chi connectivity index (χ0v) is 10.2. The summed E-state index contributed by atoms with van der Waals surface area (Å²) in [6.45, 7) is 6.43. The summed E-state index contributed by atoms with van der Waals surface area (Å²) in [5.41, 5.74) is -0.799. The topological polar surface area (TPSA) is 58.6 Å². The molecule has 0 aromatic heterocycles. The largest absolute Gasteiger partial charge is 0.480 e. The minimum absolute atomic E-state index is 0.170. The summed E-state index contributed by atoms with van der Waals surface area (Å²) in [6, 6.07) is 0.170. The molecule has 4 nitrogen and oxygen atoms in total. The first-order valence-electron chi connectivity index (χ1n) is 5.48. The molecule has 0 radical (unpaired) electrons. The molecule has 1 unspecified atom stereocenters. The number of nitrogens with one attached hydrogen (secondary N) is 1. The lowest BCUT2D eigenvalue weighted by atomic mass is 9.89. The van der Waals surface area contributed by atoms with Gasteiger partial charge in [0, 0.05) is 19.8 Å². The number of carbonyl (C=O) groups is 1. The second-order valence-corrected chi connectivity index (χ2v) is 4.14. The molecule has 4 heteroatoms. The summed E-state index contributed by atoms with van der Waals surface area (Å²) in [6.07, 6.45) is 1.95. The molecule has 0 aromatic carbocycles.